The molecule has 0 aliphatic carbocycles. The molecule has 2 atom stereocenters. The second-order valence-electron chi connectivity index (χ2n) is 9.75. The molecule has 0 saturated heterocycles. The molecular formula is C27H25F2N4O3P. The highest BCUT2D eigenvalue weighted by Crippen LogP contribution is 2.50. The number of ether oxygens (including phenoxy) is 1. The van der Waals surface area contributed by atoms with Crippen LogP contribution < -0.4 is 10.2 Å². The number of imidazole rings is 1. The van der Waals surface area contributed by atoms with Crippen LogP contribution in [0.1, 0.15) is 47.2 Å². The molecule has 10 heteroatoms. The van der Waals surface area contributed by atoms with Gasteiger partial charge in [-0.25, -0.2) is 4.98 Å². The number of rotatable bonds is 5. The molecular weight excluding hydrogens is 497 g/mol. The van der Waals surface area contributed by atoms with Crippen molar-refractivity contribution >= 4 is 29.5 Å². The number of hydrogen-bond donors (Lipinski definition) is 0. The number of amides is 1. The van der Waals surface area contributed by atoms with Crippen LogP contribution in [0.5, 0.6) is 5.75 Å². The molecule has 7 nitrogen and oxygen atoms in total. The van der Waals surface area contributed by atoms with Gasteiger partial charge in [0.05, 0.1) is 28.6 Å². The fourth-order valence-electron chi connectivity index (χ4n) is 5.60. The van der Waals surface area contributed by atoms with E-state index in [1.807, 2.05) is 31.2 Å². The second kappa shape index (κ2) is 8.48. The summed E-state index contributed by atoms with van der Waals surface area (Å²) in [5, 5.41) is 0. The lowest BCUT2D eigenvalue weighted by Gasteiger charge is -2.27. The molecule has 0 radical (unpaired) electrons. The van der Waals surface area contributed by atoms with Gasteiger partial charge in [-0.1, -0.05) is 18.2 Å². The van der Waals surface area contributed by atoms with E-state index >= 15 is 0 Å². The number of pyridine rings is 1. The summed E-state index contributed by atoms with van der Waals surface area (Å²) in [7, 11) is -2.47. The average Bonchev–Trinajstić information content (AvgIpc) is 3.37. The summed E-state index contributed by atoms with van der Waals surface area (Å²) in [6.45, 7) is 2.73. The number of aromatic nitrogens is 3. The third-order valence-corrected chi connectivity index (χ3v) is 8.60. The first kappa shape index (κ1) is 23.8. The van der Waals surface area contributed by atoms with Crippen molar-refractivity contribution < 1.29 is 22.9 Å². The number of benzene rings is 2. The highest BCUT2D eigenvalue weighted by atomic mass is 31.2. The van der Waals surface area contributed by atoms with Crippen molar-refractivity contribution in [1.29, 1.82) is 0 Å². The van der Waals surface area contributed by atoms with Gasteiger partial charge in [-0.15, -0.1) is 0 Å². The predicted molar refractivity (Wildman–Crippen MR) is 137 cm³/mol. The molecule has 190 valence electrons. The van der Waals surface area contributed by atoms with Crippen molar-refractivity contribution in [2.24, 2.45) is 0 Å². The number of alkyl halides is 2. The van der Waals surface area contributed by atoms with E-state index in [4.69, 9.17) is 9.72 Å². The van der Waals surface area contributed by atoms with Gasteiger partial charge >= 0.3 is 6.61 Å². The molecule has 2 aromatic carbocycles. The Hall–Kier alpha value is -3.58. The first-order chi connectivity index (χ1) is 17.7. The van der Waals surface area contributed by atoms with Gasteiger partial charge in [-0.3, -0.25) is 9.78 Å². The topological polar surface area (TPSA) is 77.3 Å². The number of halogens is 2. The van der Waals surface area contributed by atoms with Crippen molar-refractivity contribution in [2.75, 3.05) is 19.9 Å². The molecule has 2 aliphatic rings. The maximum atomic E-state index is 13.5. The summed E-state index contributed by atoms with van der Waals surface area (Å²) in [4.78, 5) is 24.5. The number of carbonyl (C=O) groups is 1. The highest BCUT2D eigenvalue weighted by molar-refractivity contribution is 7.69. The normalized spacial score (nSPS) is 18.8. The lowest BCUT2D eigenvalue weighted by Crippen LogP contribution is -2.34. The summed E-state index contributed by atoms with van der Waals surface area (Å²) in [6.07, 6.45) is 2.24. The van der Waals surface area contributed by atoms with E-state index in [0.29, 0.717) is 29.5 Å². The van der Waals surface area contributed by atoms with Crippen molar-refractivity contribution in [3.8, 4) is 16.9 Å². The van der Waals surface area contributed by atoms with Gasteiger partial charge in [0.1, 0.15) is 18.7 Å². The molecule has 4 heterocycles. The lowest BCUT2D eigenvalue weighted by atomic mass is 9.97. The largest absolute Gasteiger partial charge is 0.434 e. The van der Waals surface area contributed by atoms with Crippen molar-refractivity contribution in [1.82, 2.24) is 19.4 Å². The maximum absolute atomic E-state index is 13.5. The Balaban J connectivity index is 1.54. The molecule has 2 aliphatic heterocycles. The van der Waals surface area contributed by atoms with Gasteiger partial charge in [0.15, 0.2) is 0 Å². The summed E-state index contributed by atoms with van der Waals surface area (Å²) in [6, 6.07) is 13.6. The van der Waals surface area contributed by atoms with E-state index < -0.39 is 19.8 Å². The molecule has 1 amide bonds. The van der Waals surface area contributed by atoms with Crippen molar-refractivity contribution in [2.45, 2.75) is 32.0 Å². The predicted octanol–water partition coefficient (Wildman–Crippen LogP) is 5.46. The number of fused-ring (bicyclic) bond motifs is 9. The standard InChI is InChI=1S/C27H25F2N4O3P/c1-4-32-21-13-20(24-17(26(32)34)6-5-7-22(24)36-27(28)29)33-19-12-15(8-10-18(19)31-25(21)33)16-9-11-23(30-14-16)37(2,3)35/h5-12,14,20-21,27H,4,13H2,1-3H3/t20-,21-/m1/s1. The first-order valence-electron chi connectivity index (χ1n) is 12.1. The average molecular weight is 522 g/mol. The molecule has 0 N–H and O–H groups in total. The SMILES string of the molecule is CCN1C(=O)c2cccc(OC(F)F)c2[C@H]2C[C@@H]1c1nc3ccc(-c4ccc(P(C)(C)=O)nc4)cc3n12. The van der Waals surface area contributed by atoms with Gasteiger partial charge in [0.2, 0.25) is 0 Å². The third-order valence-electron chi connectivity index (χ3n) is 7.23. The quantitative estimate of drug-likeness (QED) is 0.326. The minimum atomic E-state index is -3.01. The molecule has 37 heavy (non-hydrogen) atoms. The van der Waals surface area contributed by atoms with Crippen LogP contribution >= 0.6 is 7.14 Å². The van der Waals surface area contributed by atoms with E-state index in [1.54, 1.807) is 42.6 Å². The summed E-state index contributed by atoms with van der Waals surface area (Å²) < 4.78 is 46.0. The molecule has 6 rings (SSSR count). The van der Waals surface area contributed by atoms with Crippen LogP contribution in [0.3, 0.4) is 0 Å². The van der Waals surface area contributed by atoms with Crippen LogP contribution in [0.4, 0.5) is 8.78 Å². The van der Waals surface area contributed by atoms with Crippen LogP contribution in [-0.4, -0.2) is 51.8 Å². The number of hydrogen-bond acceptors (Lipinski definition) is 5. The van der Waals surface area contributed by atoms with Gasteiger partial charge in [-0.05, 0) is 56.1 Å². The molecule has 4 aromatic rings. The minimum Gasteiger partial charge on any atom is -0.434 e. The molecule has 0 spiro atoms. The van der Waals surface area contributed by atoms with Crippen LogP contribution in [0.2, 0.25) is 0 Å². The highest BCUT2D eigenvalue weighted by Gasteiger charge is 2.45. The number of carbonyl (C=O) groups excluding carboxylic acids is 1. The molecule has 2 bridgehead atoms. The zero-order valence-electron chi connectivity index (χ0n) is 20.6. The van der Waals surface area contributed by atoms with E-state index in [1.165, 1.54) is 6.07 Å². The smallest absolute Gasteiger partial charge is 0.387 e. The second-order valence-corrected chi connectivity index (χ2v) is 12.9. The van der Waals surface area contributed by atoms with Crippen LogP contribution in [0.25, 0.3) is 22.2 Å². The lowest BCUT2D eigenvalue weighted by molar-refractivity contribution is -0.0507. The van der Waals surface area contributed by atoms with E-state index in [-0.39, 0.29) is 17.7 Å². The summed E-state index contributed by atoms with van der Waals surface area (Å²) in [5.41, 5.74) is 4.76. The fraction of sp³-hybridized carbons (Fsp3) is 0.296. The Morgan fingerprint density at radius 2 is 1.89 bits per heavy atom. The van der Waals surface area contributed by atoms with Gasteiger partial charge < -0.3 is 18.8 Å². The molecule has 0 unspecified atom stereocenters. The Morgan fingerprint density at radius 1 is 1.11 bits per heavy atom. The van der Waals surface area contributed by atoms with Crippen LogP contribution in [-0.2, 0) is 4.57 Å². The van der Waals surface area contributed by atoms with Crippen molar-refractivity contribution in [3.63, 3.8) is 0 Å². The third kappa shape index (κ3) is 3.75. The zero-order valence-corrected chi connectivity index (χ0v) is 21.5. The fourth-order valence-corrected chi connectivity index (χ4v) is 6.37. The molecule has 2 aromatic heterocycles. The number of nitrogens with zero attached hydrogens (tertiary/aromatic N) is 4. The Kier molecular flexibility index (Phi) is 5.46. The first-order valence-corrected chi connectivity index (χ1v) is 14.7. The molecule has 0 fully saturated rings. The minimum absolute atomic E-state index is 0.0109. The van der Waals surface area contributed by atoms with Gasteiger partial charge in [0.25, 0.3) is 5.91 Å². The zero-order chi connectivity index (χ0) is 26.1. The summed E-state index contributed by atoms with van der Waals surface area (Å²) >= 11 is 0. The van der Waals surface area contributed by atoms with Gasteiger partial charge in [0, 0.05) is 35.9 Å². The summed E-state index contributed by atoms with van der Waals surface area (Å²) in [5.74, 6) is 0.534. The van der Waals surface area contributed by atoms with Crippen LogP contribution in [0, 0.1) is 0 Å². The van der Waals surface area contributed by atoms with E-state index in [2.05, 4.69) is 9.55 Å². The molecule has 0 saturated carbocycles. The monoisotopic (exact) mass is 522 g/mol. The van der Waals surface area contributed by atoms with Crippen LogP contribution in [0.15, 0.2) is 54.7 Å². The van der Waals surface area contributed by atoms with E-state index in [9.17, 15) is 18.1 Å². The maximum Gasteiger partial charge on any atom is 0.387 e. The van der Waals surface area contributed by atoms with Crippen molar-refractivity contribution in [3.05, 3.63) is 71.7 Å². The Labute approximate surface area is 212 Å². The van der Waals surface area contributed by atoms with E-state index in [0.717, 1.165) is 28.0 Å². The van der Waals surface area contributed by atoms with Gasteiger partial charge in [-0.2, -0.15) is 8.78 Å². The Morgan fingerprint density at radius 3 is 2.57 bits per heavy atom. The Bertz CT molecular complexity index is 1600.